The highest BCUT2D eigenvalue weighted by atomic mass is 35.5. The van der Waals surface area contributed by atoms with Crippen molar-refractivity contribution in [3.8, 4) is 0 Å². The third-order valence-corrected chi connectivity index (χ3v) is 3.45. The molecule has 2 rings (SSSR count). The first-order chi connectivity index (χ1) is 8.58. The Morgan fingerprint density at radius 2 is 1.94 bits per heavy atom. The highest BCUT2D eigenvalue weighted by Gasteiger charge is 2.18. The van der Waals surface area contributed by atoms with E-state index in [9.17, 15) is 4.79 Å². The average Bonchev–Trinajstić information content (AvgIpc) is 2.68. The largest absolute Gasteiger partial charge is 0.381 e. The summed E-state index contributed by atoms with van der Waals surface area (Å²) in [4.78, 5) is 13.0. The summed E-state index contributed by atoms with van der Waals surface area (Å²) in [5, 5.41) is 7.29. The summed E-state index contributed by atoms with van der Waals surface area (Å²) in [6, 6.07) is 3.21. The second kappa shape index (κ2) is 5.87. The SMILES string of the molecule is O=C1NCCN1CCNc1c(Cl)cc(Cl)cc1Cl. The van der Waals surface area contributed by atoms with E-state index in [1.54, 1.807) is 17.0 Å². The summed E-state index contributed by atoms with van der Waals surface area (Å²) in [5.41, 5.74) is 0.641. The minimum atomic E-state index is -0.0369. The quantitative estimate of drug-likeness (QED) is 0.898. The summed E-state index contributed by atoms with van der Waals surface area (Å²) in [7, 11) is 0. The summed E-state index contributed by atoms with van der Waals surface area (Å²) >= 11 is 17.9. The van der Waals surface area contributed by atoms with Crippen molar-refractivity contribution in [1.29, 1.82) is 0 Å². The lowest BCUT2D eigenvalue weighted by atomic mass is 10.3. The molecule has 2 N–H and O–H groups in total. The second-order valence-electron chi connectivity index (χ2n) is 3.89. The van der Waals surface area contributed by atoms with Gasteiger partial charge in [-0.2, -0.15) is 0 Å². The van der Waals surface area contributed by atoms with Crippen molar-refractivity contribution >= 4 is 46.5 Å². The third-order valence-electron chi connectivity index (χ3n) is 2.64. The number of hydrogen-bond donors (Lipinski definition) is 2. The fraction of sp³-hybridized carbons (Fsp3) is 0.364. The molecule has 1 aromatic rings. The molecule has 98 valence electrons. The smallest absolute Gasteiger partial charge is 0.317 e. The van der Waals surface area contributed by atoms with Crippen molar-refractivity contribution in [2.45, 2.75) is 0 Å². The van der Waals surface area contributed by atoms with Gasteiger partial charge in [-0.25, -0.2) is 4.79 Å². The van der Waals surface area contributed by atoms with Gasteiger partial charge in [-0.1, -0.05) is 34.8 Å². The predicted molar refractivity (Wildman–Crippen MR) is 74.9 cm³/mol. The van der Waals surface area contributed by atoms with Crippen LogP contribution in [0.5, 0.6) is 0 Å². The number of benzene rings is 1. The molecular weight excluding hydrogens is 296 g/mol. The Labute approximate surface area is 120 Å². The molecule has 1 aliphatic rings. The van der Waals surface area contributed by atoms with Gasteiger partial charge in [0, 0.05) is 31.2 Å². The highest BCUT2D eigenvalue weighted by Crippen LogP contribution is 2.33. The second-order valence-corrected chi connectivity index (χ2v) is 5.14. The lowest BCUT2D eigenvalue weighted by Crippen LogP contribution is -2.32. The number of urea groups is 1. The molecule has 1 heterocycles. The van der Waals surface area contributed by atoms with E-state index in [0.717, 1.165) is 6.54 Å². The van der Waals surface area contributed by atoms with E-state index in [0.29, 0.717) is 40.4 Å². The van der Waals surface area contributed by atoms with Gasteiger partial charge in [0.1, 0.15) is 0 Å². The van der Waals surface area contributed by atoms with Crippen LogP contribution in [0.25, 0.3) is 0 Å². The van der Waals surface area contributed by atoms with Gasteiger partial charge in [0.25, 0.3) is 0 Å². The van der Waals surface area contributed by atoms with Crippen LogP contribution in [0.1, 0.15) is 0 Å². The predicted octanol–water partition coefficient (Wildman–Crippen LogP) is 3.08. The minimum Gasteiger partial charge on any atom is -0.381 e. The van der Waals surface area contributed by atoms with Gasteiger partial charge in [-0.3, -0.25) is 0 Å². The van der Waals surface area contributed by atoms with Gasteiger partial charge in [-0.05, 0) is 12.1 Å². The standard InChI is InChI=1S/C11H12Cl3N3O/c12-7-5-8(13)10(9(14)6-7)15-1-3-17-4-2-16-11(17)18/h5-6,15H,1-4H2,(H,16,18). The van der Waals surface area contributed by atoms with Crippen LogP contribution in [0.3, 0.4) is 0 Å². The Kier molecular flexibility index (Phi) is 4.43. The van der Waals surface area contributed by atoms with Crippen molar-refractivity contribution in [2.75, 3.05) is 31.5 Å². The Morgan fingerprint density at radius 1 is 1.28 bits per heavy atom. The number of nitrogens with one attached hydrogen (secondary N) is 2. The molecule has 1 saturated heterocycles. The van der Waals surface area contributed by atoms with Crippen LogP contribution in [0.4, 0.5) is 10.5 Å². The Hall–Kier alpha value is -0.840. The summed E-state index contributed by atoms with van der Waals surface area (Å²) < 4.78 is 0. The maximum absolute atomic E-state index is 11.3. The Balaban J connectivity index is 1.92. The molecule has 0 aliphatic carbocycles. The first-order valence-electron chi connectivity index (χ1n) is 5.49. The van der Waals surface area contributed by atoms with Crippen LogP contribution < -0.4 is 10.6 Å². The van der Waals surface area contributed by atoms with E-state index in [1.807, 2.05) is 0 Å². The molecule has 0 aromatic heterocycles. The lowest BCUT2D eigenvalue weighted by Gasteiger charge is -2.16. The molecule has 0 spiro atoms. The van der Waals surface area contributed by atoms with E-state index in [-0.39, 0.29) is 6.03 Å². The highest BCUT2D eigenvalue weighted by molar-refractivity contribution is 6.41. The van der Waals surface area contributed by atoms with E-state index in [2.05, 4.69) is 10.6 Å². The van der Waals surface area contributed by atoms with E-state index >= 15 is 0 Å². The maximum atomic E-state index is 11.3. The van der Waals surface area contributed by atoms with Crippen molar-refractivity contribution in [3.05, 3.63) is 27.2 Å². The first-order valence-corrected chi connectivity index (χ1v) is 6.62. The van der Waals surface area contributed by atoms with Crippen molar-refractivity contribution < 1.29 is 4.79 Å². The van der Waals surface area contributed by atoms with Crippen LogP contribution in [0, 0.1) is 0 Å². The van der Waals surface area contributed by atoms with Gasteiger partial charge < -0.3 is 15.5 Å². The minimum absolute atomic E-state index is 0.0369. The monoisotopic (exact) mass is 307 g/mol. The Morgan fingerprint density at radius 3 is 2.50 bits per heavy atom. The van der Waals surface area contributed by atoms with Gasteiger partial charge in [0.05, 0.1) is 15.7 Å². The molecular formula is C11H12Cl3N3O. The number of amides is 2. The van der Waals surface area contributed by atoms with Gasteiger partial charge in [0.2, 0.25) is 0 Å². The molecule has 0 unspecified atom stereocenters. The number of carbonyl (C=O) groups excluding carboxylic acids is 1. The van der Waals surface area contributed by atoms with Crippen LogP contribution in [-0.2, 0) is 0 Å². The summed E-state index contributed by atoms with van der Waals surface area (Å²) in [5.74, 6) is 0. The fourth-order valence-electron chi connectivity index (χ4n) is 1.75. The first kappa shape index (κ1) is 13.6. The fourth-order valence-corrected chi connectivity index (χ4v) is 2.70. The molecule has 0 bridgehead atoms. The zero-order valence-corrected chi connectivity index (χ0v) is 11.7. The molecule has 0 atom stereocenters. The molecule has 18 heavy (non-hydrogen) atoms. The molecule has 1 fully saturated rings. The Bertz CT molecular complexity index is 444. The third kappa shape index (κ3) is 3.13. The molecule has 0 radical (unpaired) electrons. The van der Waals surface area contributed by atoms with Crippen molar-refractivity contribution in [3.63, 3.8) is 0 Å². The summed E-state index contributed by atoms with van der Waals surface area (Å²) in [6.07, 6.45) is 0. The molecule has 2 amide bonds. The van der Waals surface area contributed by atoms with Crippen molar-refractivity contribution in [1.82, 2.24) is 10.2 Å². The number of rotatable bonds is 4. The normalized spacial score (nSPS) is 14.8. The van der Waals surface area contributed by atoms with Crippen LogP contribution in [0.2, 0.25) is 15.1 Å². The maximum Gasteiger partial charge on any atom is 0.317 e. The number of nitrogens with zero attached hydrogens (tertiary/aromatic N) is 1. The zero-order chi connectivity index (χ0) is 13.1. The number of anilines is 1. The van der Waals surface area contributed by atoms with Gasteiger partial charge >= 0.3 is 6.03 Å². The van der Waals surface area contributed by atoms with E-state index in [1.165, 1.54) is 0 Å². The molecule has 0 saturated carbocycles. The van der Waals surface area contributed by atoms with E-state index in [4.69, 9.17) is 34.8 Å². The van der Waals surface area contributed by atoms with Crippen molar-refractivity contribution in [2.24, 2.45) is 0 Å². The number of halogens is 3. The number of carbonyl (C=O) groups is 1. The zero-order valence-electron chi connectivity index (χ0n) is 9.47. The average molecular weight is 309 g/mol. The molecule has 7 heteroatoms. The molecule has 1 aromatic carbocycles. The van der Waals surface area contributed by atoms with Crippen LogP contribution >= 0.6 is 34.8 Å². The number of hydrogen-bond acceptors (Lipinski definition) is 2. The van der Waals surface area contributed by atoms with E-state index < -0.39 is 0 Å². The molecule has 1 aliphatic heterocycles. The van der Waals surface area contributed by atoms with Gasteiger partial charge in [0.15, 0.2) is 0 Å². The molecule has 4 nitrogen and oxygen atoms in total. The summed E-state index contributed by atoms with van der Waals surface area (Å²) in [6.45, 7) is 2.60. The van der Waals surface area contributed by atoms with Crippen LogP contribution in [-0.4, -0.2) is 37.1 Å². The van der Waals surface area contributed by atoms with Gasteiger partial charge in [-0.15, -0.1) is 0 Å². The lowest BCUT2D eigenvalue weighted by molar-refractivity contribution is 0.219. The van der Waals surface area contributed by atoms with Crippen LogP contribution in [0.15, 0.2) is 12.1 Å². The topological polar surface area (TPSA) is 44.4 Å².